The molecule has 0 radical (unpaired) electrons. The summed E-state index contributed by atoms with van der Waals surface area (Å²) in [6, 6.07) is 16.3. The van der Waals surface area contributed by atoms with Crippen molar-refractivity contribution in [1.82, 2.24) is 0 Å². The molecule has 94 valence electrons. The Kier molecular flexibility index (Phi) is 3.98. The molecule has 1 amide bonds. The number of carbonyl (C=O) groups is 1. The maximum absolute atomic E-state index is 12.3. The number of hydrogen-bond acceptors (Lipinski definition) is 2. The van der Waals surface area contributed by atoms with Gasteiger partial charge in [-0.15, -0.1) is 0 Å². The number of benzene rings is 2. The fourth-order valence-corrected chi connectivity index (χ4v) is 2.02. The highest BCUT2D eigenvalue weighted by atomic mass is 79.9. The first-order valence-electron chi connectivity index (χ1n) is 5.66. The highest BCUT2D eigenvalue weighted by Gasteiger charge is 2.15. The number of rotatable bonds is 2. The van der Waals surface area contributed by atoms with Gasteiger partial charge in [-0.3, -0.25) is 4.79 Å². The van der Waals surface area contributed by atoms with E-state index in [-0.39, 0.29) is 5.91 Å². The van der Waals surface area contributed by atoms with Gasteiger partial charge >= 0.3 is 0 Å². The third kappa shape index (κ3) is 2.83. The van der Waals surface area contributed by atoms with Crippen LogP contribution in [0.25, 0.3) is 0 Å². The van der Waals surface area contributed by atoms with E-state index in [1.54, 1.807) is 37.4 Å². The smallest absolute Gasteiger partial charge is 0.258 e. The Morgan fingerprint density at radius 3 is 2.42 bits per heavy atom. The van der Waals surface area contributed by atoms with Crippen LogP contribution in [-0.2, 0) is 0 Å². The molecule has 0 spiro atoms. The van der Waals surface area contributed by atoms with E-state index in [1.807, 2.05) is 18.2 Å². The lowest BCUT2D eigenvalue weighted by Crippen LogP contribution is -2.26. The van der Waals surface area contributed by atoms with Gasteiger partial charge in [0.25, 0.3) is 5.91 Å². The van der Waals surface area contributed by atoms with Crippen molar-refractivity contribution in [1.29, 1.82) is 5.26 Å². The van der Waals surface area contributed by atoms with Crippen LogP contribution in [0.4, 0.5) is 5.69 Å². The summed E-state index contributed by atoms with van der Waals surface area (Å²) in [6.45, 7) is 0. The van der Waals surface area contributed by atoms with Gasteiger partial charge in [-0.1, -0.05) is 28.1 Å². The molecule has 0 atom stereocenters. The maximum Gasteiger partial charge on any atom is 0.258 e. The van der Waals surface area contributed by atoms with Gasteiger partial charge in [0, 0.05) is 17.1 Å². The lowest BCUT2D eigenvalue weighted by atomic mass is 10.1. The Morgan fingerprint density at radius 2 is 1.79 bits per heavy atom. The number of anilines is 1. The molecule has 0 unspecified atom stereocenters. The molecule has 2 rings (SSSR count). The number of halogens is 1. The molecule has 0 aliphatic rings. The molecule has 0 aromatic heterocycles. The summed E-state index contributed by atoms with van der Waals surface area (Å²) in [5.74, 6) is -0.143. The van der Waals surface area contributed by atoms with E-state index in [0.29, 0.717) is 16.8 Å². The average Bonchev–Trinajstić information content (AvgIpc) is 2.46. The van der Waals surface area contributed by atoms with E-state index in [1.165, 1.54) is 4.90 Å². The fourth-order valence-electron chi connectivity index (χ4n) is 1.76. The summed E-state index contributed by atoms with van der Waals surface area (Å²) in [4.78, 5) is 13.8. The summed E-state index contributed by atoms with van der Waals surface area (Å²) >= 11 is 3.33. The van der Waals surface area contributed by atoms with E-state index in [2.05, 4.69) is 22.0 Å². The van der Waals surface area contributed by atoms with Crippen molar-refractivity contribution in [3.63, 3.8) is 0 Å². The molecule has 3 nitrogen and oxygen atoms in total. The molecule has 0 saturated heterocycles. The molecule has 2 aromatic carbocycles. The summed E-state index contributed by atoms with van der Waals surface area (Å²) in [5, 5.41) is 9.06. The zero-order valence-corrected chi connectivity index (χ0v) is 11.9. The van der Waals surface area contributed by atoms with Gasteiger partial charge in [0.2, 0.25) is 0 Å². The molecule has 0 saturated carbocycles. The zero-order valence-electron chi connectivity index (χ0n) is 10.3. The number of nitriles is 1. The van der Waals surface area contributed by atoms with Crippen molar-refractivity contribution in [2.45, 2.75) is 0 Å². The summed E-state index contributed by atoms with van der Waals surface area (Å²) in [5.41, 5.74) is 1.67. The van der Waals surface area contributed by atoms with Crippen molar-refractivity contribution >= 4 is 27.5 Å². The van der Waals surface area contributed by atoms with Crippen LogP contribution in [0.15, 0.2) is 53.0 Å². The largest absolute Gasteiger partial charge is 0.310 e. The summed E-state index contributed by atoms with van der Waals surface area (Å²) < 4.78 is 0.920. The van der Waals surface area contributed by atoms with Gasteiger partial charge in [0.1, 0.15) is 6.07 Å². The normalized spacial score (nSPS) is 9.74. The predicted octanol–water partition coefficient (Wildman–Crippen LogP) is 3.60. The monoisotopic (exact) mass is 314 g/mol. The second-order valence-electron chi connectivity index (χ2n) is 4.00. The van der Waals surface area contributed by atoms with Crippen LogP contribution in [0.5, 0.6) is 0 Å². The Bertz CT molecular complexity index is 644. The van der Waals surface area contributed by atoms with E-state index in [0.717, 1.165) is 4.47 Å². The van der Waals surface area contributed by atoms with Crippen LogP contribution in [0.3, 0.4) is 0 Å². The SMILES string of the molecule is CN(C(=O)c1ccc(Br)cc1)c1ccccc1C#N. The number of nitrogens with zero attached hydrogens (tertiary/aromatic N) is 2. The van der Waals surface area contributed by atoms with E-state index >= 15 is 0 Å². The van der Waals surface area contributed by atoms with E-state index in [4.69, 9.17) is 5.26 Å². The van der Waals surface area contributed by atoms with Crippen LogP contribution in [0.2, 0.25) is 0 Å². The lowest BCUT2D eigenvalue weighted by Gasteiger charge is -2.18. The second kappa shape index (κ2) is 5.68. The first kappa shape index (κ1) is 13.3. The molecule has 0 aliphatic heterocycles. The highest BCUT2D eigenvalue weighted by Crippen LogP contribution is 2.20. The van der Waals surface area contributed by atoms with Crippen LogP contribution >= 0.6 is 15.9 Å². The molecule has 4 heteroatoms. The fraction of sp³-hybridized carbons (Fsp3) is 0.0667. The van der Waals surface area contributed by atoms with Crippen molar-refractivity contribution in [2.75, 3.05) is 11.9 Å². The molecular formula is C15H11BrN2O. The van der Waals surface area contributed by atoms with Gasteiger partial charge in [-0.2, -0.15) is 5.26 Å². The van der Waals surface area contributed by atoms with Crippen molar-refractivity contribution in [2.24, 2.45) is 0 Å². The summed E-state index contributed by atoms with van der Waals surface area (Å²) in [7, 11) is 1.67. The van der Waals surface area contributed by atoms with Gasteiger partial charge in [0.15, 0.2) is 0 Å². The van der Waals surface area contributed by atoms with E-state index in [9.17, 15) is 4.79 Å². The first-order chi connectivity index (χ1) is 9.13. The van der Waals surface area contributed by atoms with Crippen molar-refractivity contribution < 1.29 is 4.79 Å². The van der Waals surface area contributed by atoms with Crippen LogP contribution < -0.4 is 4.90 Å². The minimum atomic E-state index is -0.143. The quantitative estimate of drug-likeness (QED) is 0.850. The van der Waals surface area contributed by atoms with Gasteiger partial charge in [0.05, 0.1) is 11.3 Å². The van der Waals surface area contributed by atoms with Gasteiger partial charge < -0.3 is 4.90 Å². The Balaban J connectivity index is 2.34. The zero-order chi connectivity index (χ0) is 13.8. The van der Waals surface area contributed by atoms with Crippen molar-refractivity contribution in [3.05, 3.63) is 64.1 Å². The van der Waals surface area contributed by atoms with E-state index < -0.39 is 0 Å². The third-order valence-electron chi connectivity index (χ3n) is 2.78. The van der Waals surface area contributed by atoms with Crippen LogP contribution in [0, 0.1) is 11.3 Å². The minimum absolute atomic E-state index is 0.143. The number of carbonyl (C=O) groups excluding carboxylic acids is 1. The third-order valence-corrected chi connectivity index (χ3v) is 3.31. The van der Waals surface area contributed by atoms with Crippen LogP contribution in [-0.4, -0.2) is 13.0 Å². The highest BCUT2D eigenvalue weighted by molar-refractivity contribution is 9.10. The lowest BCUT2D eigenvalue weighted by molar-refractivity contribution is 0.0993. The Hall–Kier alpha value is -2.12. The number of hydrogen-bond donors (Lipinski definition) is 0. The number of amides is 1. The van der Waals surface area contributed by atoms with Crippen molar-refractivity contribution in [3.8, 4) is 6.07 Å². The molecule has 0 fully saturated rings. The molecular weight excluding hydrogens is 304 g/mol. The molecule has 19 heavy (non-hydrogen) atoms. The number of para-hydroxylation sites is 1. The molecule has 0 heterocycles. The second-order valence-corrected chi connectivity index (χ2v) is 4.92. The molecule has 2 aromatic rings. The standard InChI is InChI=1S/C15H11BrN2O/c1-18(14-5-3-2-4-12(14)10-17)15(19)11-6-8-13(16)9-7-11/h2-9H,1H3. The molecule has 0 N–H and O–H groups in total. The topological polar surface area (TPSA) is 44.1 Å². The minimum Gasteiger partial charge on any atom is -0.310 e. The predicted molar refractivity (Wildman–Crippen MR) is 78.0 cm³/mol. The Labute approximate surface area is 120 Å². The molecule has 0 bridgehead atoms. The van der Waals surface area contributed by atoms with Gasteiger partial charge in [-0.25, -0.2) is 0 Å². The first-order valence-corrected chi connectivity index (χ1v) is 6.45. The van der Waals surface area contributed by atoms with Gasteiger partial charge in [-0.05, 0) is 36.4 Å². The molecule has 0 aliphatic carbocycles. The van der Waals surface area contributed by atoms with Crippen LogP contribution in [0.1, 0.15) is 15.9 Å². The average molecular weight is 315 g/mol. The summed E-state index contributed by atoms with van der Waals surface area (Å²) in [6.07, 6.45) is 0. The Morgan fingerprint density at radius 1 is 1.16 bits per heavy atom. The maximum atomic E-state index is 12.3.